The second-order valence-electron chi connectivity index (χ2n) is 5.04. The van der Waals surface area contributed by atoms with Crippen molar-refractivity contribution in [2.45, 2.75) is 24.3 Å². The number of hydrogen-bond donors (Lipinski definition) is 2. The molecule has 0 aromatic carbocycles. The summed E-state index contributed by atoms with van der Waals surface area (Å²) in [5.41, 5.74) is -0.0473. The first kappa shape index (κ1) is 13.3. The molecule has 0 bridgehead atoms. The van der Waals surface area contributed by atoms with Crippen LogP contribution in [0.15, 0.2) is 23.2 Å². The summed E-state index contributed by atoms with van der Waals surface area (Å²) in [7, 11) is -3.67. The first-order valence-electron chi connectivity index (χ1n) is 5.78. The zero-order valence-electron chi connectivity index (χ0n) is 10.5. The van der Waals surface area contributed by atoms with Crippen molar-refractivity contribution in [1.29, 1.82) is 0 Å². The van der Waals surface area contributed by atoms with Gasteiger partial charge in [-0.3, -0.25) is 0 Å². The van der Waals surface area contributed by atoms with Gasteiger partial charge in [-0.15, -0.1) is 0 Å². The van der Waals surface area contributed by atoms with E-state index in [-0.39, 0.29) is 10.4 Å². The molecule has 3 N–H and O–H groups in total. The Morgan fingerprint density at radius 1 is 1.44 bits per heavy atom. The molecule has 0 amide bonds. The third kappa shape index (κ3) is 2.63. The van der Waals surface area contributed by atoms with Crippen molar-refractivity contribution in [2.75, 3.05) is 24.5 Å². The molecule has 0 unspecified atom stereocenters. The van der Waals surface area contributed by atoms with E-state index in [1.54, 1.807) is 6.07 Å². The molecule has 1 aliphatic heterocycles. The van der Waals surface area contributed by atoms with Gasteiger partial charge in [-0.25, -0.2) is 18.5 Å². The highest BCUT2D eigenvalue weighted by Crippen LogP contribution is 2.23. The van der Waals surface area contributed by atoms with Crippen molar-refractivity contribution in [3.8, 4) is 0 Å². The summed E-state index contributed by atoms with van der Waals surface area (Å²) in [5.74, 6) is 0.772. The van der Waals surface area contributed by atoms with E-state index in [9.17, 15) is 8.42 Å². The van der Waals surface area contributed by atoms with Gasteiger partial charge >= 0.3 is 0 Å². The Morgan fingerprint density at radius 3 is 2.67 bits per heavy atom. The largest absolute Gasteiger partial charge is 0.349 e. The van der Waals surface area contributed by atoms with E-state index >= 15 is 0 Å². The number of rotatable bonds is 2. The number of nitrogens with two attached hydrogens (primary N) is 1. The van der Waals surface area contributed by atoms with Crippen LogP contribution >= 0.6 is 0 Å². The quantitative estimate of drug-likeness (QED) is 0.784. The normalized spacial score (nSPS) is 19.8. The molecule has 1 aliphatic rings. The van der Waals surface area contributed by atoms with Gasteiger partial charge in [0.1, 0.15) is 10.7 Å². The van der Waals surface area contributed by atoms with Gasteiger partial charge in [-0.05, 0) is 26.0 Å². The molecule has 0 saturated carbocycles. The van der Waals surface area contributed by atoms with E-state index in [1.807, 2.05) is 0 Å². The lowest BCUT2D eigenvalue weighted by Crippen LogP contribution is -2.58. The minimum absolute atomic E-state index is 0.0409. The van der Waals surface area contributed by atoms with Gasteiger partial charge in [0.15, 0.2) is 0 Å². The Balaban J connectivity index is 2.29. The van der Waals surface area contributed by atoms with E-state index in [4.69, 9.17) is 5.14 Å². The summed E-state index contributed by atoms with van der Waals surface area (Å²) in [5, 5.41) is 8.37. The van der Waals surface area contributed by atoms with Crippen molar-refractivity contribution in [3.05, 3.63) is 18.3 Å². The lowest BCUT2D eigenvalue weighted by molar-refractivity contribution is 0.378. The third-order valence-electron chi connectivity index (χ3n) is 3.13. The Kier molecular flexibility index (Phi) is 3.31. The molecule has 0 atom stereocenters. The maximum atomic E-state index is 11.2. The lowest BCUT2D eigenvalue weighted by Gasteiger charge is -2.43. The number of piperazine rings is 1. The second kappa shape index (κ2) is 4.49. The van der Waals surface area contributed by atoms with Crippen molar-refractivity contribution in [3.63, 3.8) is 0 Å². The maximum absolute atomic E-state index is 11.2. The average Bonchev–Trinajstić information content (AvgIpc) is 2.27. The van der Waals surface area contributed by atoms with Crippen LogP contribution in [0.25, 0.3) is 0 Å². The SMILES string of the molecule is CC1(C)CNCCN1c1ccc(S(N)(=O)=O)cn1. The van der Waals surface area contributed by atoms with Gasteiger partial charge < -0.3 is 10.2 Å². The minimum atomic E-state index is -3.67. The Labute approximate surface area is 107 Å². The van der Waals surface area contributed by atoms with Gasteiger partial charge in [0, 0.05) is 31.4 Å². The second-order valence-corrected chi connectivity index (χ2v) is 6.60. The van der Waals surface area contributed by atoms with Crippen LogP contribution < -0.4 is 15.4 Å². The molecule has 0 spiro atoms. The van der Waals surface area contributed by atoms with Crippen molar-refractivity contribution in [1.82, 2.24) is 10.3 Å². The van der Waals surface area contributed by atoms with E-state index in [0.29, 0.717) is 0 Å². The third-order valence-corrected chi connectivity index (χ3v) is 4.02. The first-order chi connectivity index (χ1) is 8.31. The van der Waals surface area contributed by atoms with E-state index in [0.717, 1.165) is 25.5 Å². The zero-order valence-corrected chi connectivity index (χ0v) is 11.4. The molecular weight excluding hydrogens is 252 g/mol. The molecule has 2 rings (SSSR count). The van der Waals surface area contributed by atoms with Crippen molar-refractivity contribution in [2.24, 2.45) is 5.14 Å². The summed E-state index contributed by atoms with van der Waals surface area (Å²) in [6, 6.07) is 3.20. The van der Waals surface area contributed by atoms with Crippen molar-refractivity contribution >= 4 is 15.8 Å². The molecule has 2 heterocycles. The summed E-state index contributed by atoms with van der Waals surface area (Å²) in [6.07, 6.45) is 1.31. The lowest BCUT2D eigenvalue weighted by atomic mass is 10.0. The fraction of sp³-hybridized carbons (Fsp3) is 0.545. The average molecular weight is 270 g/mol. The molecule has 1 aromatic rings. The Morgan fingerprint density at radius 2 is 2.17 bits per heavy atom. The van der Waals surface area contributed by atoms with Crippen LogP contribution in [0.4, 0.5) is 5.82 Å². The smallest absolute Gasteiger partial charge is 0.239 e. The molecule has 0 radical (unpaired) electrons. The molecule has 18 heavy (non-hydrogen) atoms. The number of primary sulfonamides is 1. The molecule has 1 saturated heterocycles. The molecule has 1 aromatic heterocycles. The standard InChI is InChI=1S/C11H18N4O2S/c1-11(2)8-13-5-6-15(11)10-4-3-9(7-14-10)18(12,16)17/h3-4,7,13H,5-6,8H2,1-2H3,(H2,12,16,17). The molecular formula is C11H18N4O2S. The highest BCUT2D eigenvalue weighted by molar-refractivity contribution is 7.89. The predicted molar refractivity (Wildman–Crippen MR) is 69.9 cm³/mol. The van der Waals surface area contributed by atoms with Crippen LogP contribution in [0.2, 0.25) is 0 Å². The van der Waals surface area contributed by atoms with Gasteiger partial charge in [0.05, 0.1) is 0 Å². The minimum Gasteiger partial charge on any atom is -0.349 e. The number of anilines is 1. The van der Waals surface area contributed by atoms with Crippen LogP contribution in [0.1, 0.15) is 13.8 Å². The molecule has 1 fully saturated rings. The van der Waals surface area contributed by atoms with Crippen LogP contribution in [-0.4, -0.2) is 38.6 Å². The topological polar surface area (TPSA) is 88.3 Å². The van der Waals surface area contributed by atoms with Crippen LogP contribution in [0.5, 0.6) is 0 Å². The highest BCUT2D eigenvalue weighted by Gasteiger charge is 2.30. The van der Waals surface area contributed by atoms with E-state index < -0.39 is 10.0 Å². The number of nitrogens with one attached hydrogen (secondary N) is 1. The zero-order chi connectivity index (χ0) is 13.4. The van der Waals surface area contributed by atoms with Gasteiger partial charge in [-0.2, -0.15) is 0 Å². The van der Waals surface area contributed by atoms with Crippen LogP contribution in [-0.2, 0) is 10.0 Å². The fourth-order valence-electron chi connectivity index (χ4n) is 2.11. The predicted octanol–water partition coefficient (Wildman–Crippen LogP) is -0.0828. The molecule has 6 nitrogen and oxygen atoms in total. The van der Waals surface area contributed by atoms with Crippen LogP contribution in [0.3, 0.4) is 0 Å². The highest BCUT2D eigenvalue weighted by atomic mass is 32.2. The van der Waals surface area contributed by atoms with E-state index in [2.05, 4.69) is 29.0 Å². The summed E-state index contributed by atoms with van der Waals surface area (Å²) < 4.78 is 22.3. The summed E-state index contributed by atoms with van der Waals surface area (Å²) in [6.45, 7) is 6.84. The van der Waals surface area contributed by atoms with Gasteiger partial charge in [0.25, 0.3) is 0 Å². The monoisotopic (exact) mass is 270 g/mol. The molecule has 7 heteroatoms. The maximum Gasteiger partial charge on any atom is 0.239 e. The Bertz CT molecular complexity index is 524. The summed E-state index contributed by atoms with van der Waals surface area (Å²) >= 11 is 0. The van der Waals surface area contributed by atoms with Gasteiger partial charge in [0.2, 0.25) is 10.0 Å². The molecule has 100 valence electrons. The van der Waals surface area contributed by atoms with Gasteiger partial charge in [-0.1, -0.05) is 0 Å². The van der Waals surface area contributed by atoms with Crippen LogP contribution in [0, 0.1) is 0 Å². The Hall–Kier alpha value is -1.18. The van der Waals surface area contributed by atoms with E-state index in [1.165, 1.54) is 12.3 Å². The summed E-state index contributed by atoms with van der Waals surface area (Å²) in [4.78, 5) is 6.41. The van der Waals surface area contributed by atoms with Crippen molar-refractivity contribution < 1.29 is 8.42 Å². The number of sulfonamides is 1. The fourth-order valence-corrected chi connectivity index (χ4v) is 2.57. The first-order valence-corrected chi connectivity index (χ1v) is 7.32. The number of aromatic nitrogens is 1. The molecule has 0 aliphatic carbocycles. The number of nitrogens with zero attached hydrogens (tertiary/aromatic N) is 2. The number of pyridine rings is 1. The number of hydrogen-bond acceptors (Lipinski definition) is 5.